The maximum atomic E-state index is 12.2. The van der Waals surface area contributed by atoms with Gasteiger partial charge < -0.3 is 11.1 Å². The van der Waals surface area contributed by atoms with Gasteiger partial charge in [-0.1, -0.05) is 39.4 Å². The second-order valence-electron chi connectivity index (χ2n) is 5.27. The number of nitrogens with one attached hydrogen (secondary N) is 1. The zero-order chi connectivity index (χ0) is 15.0. The average Bonchev–Trinajstić information content (AvgIpc) is 2.34. The number of carbonyl (C=O) groups excluding carboxylic acids is 1. The molecule has 0 spiro atoms. The lowest BCUT2D eigenvalue weighted by Crippen LogP contribution is -2.49. The summed E-state index contributed by atoms with van der Waals surface area (Å²) < 4.78 is 0. The Bertz CT molecular complexity index is 296. The van der Waals surface area contributed by atoms with E-state index in [1.54, 1.807) is 0 Å². The van der Waals surface area contributed by atoms with Gasteiger partial charge in [0.15, 0.2) is 0 Å². The van der Waals surface area contributed by atoms with E-state index >= 15 is 0 Å². The van der Waals surface area contributed by atoms with Crippen LogP contribution in [-0.4, -0.2) is 41.0 Å². The molecule has 19 heavy (non-hydrogen) atoms. The topological polar surface area (TPSA) is 58.4 Å². The maximum Gasteiger partial charge on any atom is 0.237 e. The zero-order valence-electron chi connectivity index (χ0n) is 12.9. The predicted molar refractivity (Wildman–Crippen MR) is 85.2 cm³/mol. The van der Waals surface area contributed by atoms with E-state index in [2.05, 4.69) is 17.1 Å². The summed E-state index contributed by atoms with van der Waals surface area (Å²) in [6, 6.07) is 0.0766. The third-order valence-corrected chi connectivity index (χ3v) is 3.84. The highest BCUT2D eigenvalue weighted by atomic mass is 32.1. The summed E-state index contributed by atoms with van der Waals surface area (Å²) in [4.78, 5) is 14.8. The molecule has 0 fully saturated rings. The van der Waals surface area contributed by atoms with E-state index < -0.39 is 0 Å². The quantitative estimate of drug-likeness (QED) is 0.636. The smallest absolute Gasteiger partial charge is 0.237 e. The molecule has 3 atom stereocenters. The van der Waals surface area contributed by atoms with Gasteiger partial charge in [0, 0.05) is 18.5 Å². The number of nitrogens with zero attached hydrogens (tertiary/aromatic N) is 1. The van der Waals surface area contributed by atoms with Gasteiger partial charge in [-0.25, -0.2) is 0 Å². The standard InChI is InChI=1S/C14H29N3OS/c1-6-8-11(4)16-14(18)12(5)17(7-2)9-10(3)13(15)19/h10-12H,6-9H2,1-5H3,(H2,15,19)(H,16,18). The van der Waals surface area contributed by atoms with Crippen LogP contribution in [0.15, 0.2) is 0 Å². The molecule has 0 aromatic heterocycles. The van der Waals surface area contributed by atoms with Gasteiger partial charge in [-0.05, 0) is 26.8 Å². The monoisotopic (exact) mass is 287 g/mol. The van der Waals surface area contributed by atoms with Crippen molar-refractivity contribution in [2.24, 2.45) is 11.7 Å². The number of hydrogen-bond acceptors (Lipinski definition) is 3. The van der Waals surface area contributed by atoms with Crippen LogP contribution >= 0.6 is 12.2 Å². The molecule has 0 rings (SSSR count). The summed E-state index contributed by atoms with van der Waals surface area (Å²) in [6.07, 6.45) is 2.08. The number of thiocarbonyl (C=S) groups is 1. The number of nitrogens with two attached hydrogens (primary N) is 1. The van der Waals surface area contributed by atoms with Crippen molar-refractivity contribution in [1.29, 1.82) is 0 Å². The van der Waals surface area contributed by atoms with Crippen LogP contribution in [0.4, 0.5) is 0 Å². The second-order valence-corrected chi connectivity index (χ2v) is 5.74. The van der Waals surface area contributed by atoms with E-state index in [-0.39, 0.29) is 23.9 Å². The highest BCUT2D eigenvalue weighted by molar-refractivity contribution is 7.80. The molecule has 0 aliphatic heterocycles. The summed E-state index contributed by atoms with van der Waals surface area (Å²) in [5, 5.41) is 3.05. The summed E-state index contributed by atoms with van der Waals surface area (Å²) in [5.74, 6) is 0.205. The molecule has 0 saturated heterocycles. The first-order valence-electron chi connectivity index (χ1n) is 7.17. The van der Waals surface area contributed by atoms with Crippen molar-refractivity contribution in [3.63, 3.8) is 0 Å². The molecule has 5 heteroatoms. The Hall–Kier alpha value is -0.680. The van der Waals surface area contributed by atoms with Gasteiger partial charge in [-0.2, -0.15) is 0 Å². The van der Waals surface area contributed by atoms with Crippen LogP contribution in [0.3, 0.4) is 0 Å². The number of hydrogen-bond donors (Lipinski definition) is 2. The molecule has 3 N–H and O–H groups in total. The van der Waals surface area contributed by atoms with Crippen LogP contribution in [0.2, 0.25) is 0 Å². The lowest BCUT2D eigenvalue weighted by molar-refractivity contribution is -0.126. The lowest BCUT2D eigenvalue weighted by Gasteiger charge is -2.30. The first kappa shape index (κ1) is 18.3. The minimum absolute atomic E-state index is 0.0814. The fourth-order valence-electron chi connectivity index (χ4n) is 2.04. The predicted octanol–water partition coefficient (Wildman–Crippen LogP) is 1.92. The molecule has 0 radical (unpaired) electrons. The van der Waals surface area contributed by atoms with Crippen LogP contribution < -0.4 is 11.1 Å². The molecule has 1 amide bonds. The molecule has 0 aromatic rings. The largest absolute Gasteiger partial charge is 0.393 e. The third kappa shape index (κ3) is 6.87. The number of amides is 1. The summed E-state index contributed by atoms with van der Waals surface area (Å²) >= 11 is 4.99. The Balaban J connectivity index is 4.44. The van der Waals surface area contributed by atoms with Crippen molar-refractivity contribution in [1.82, 2.24) is 10.2 Å². The van der Waals surface area contributed by atoms with Crippen LogP contribution in [0.25, 0.3) is 0 Å². The Kier molecular flexibility index (Phi) is 8.93. The van der Waals surface area contributed by atoms with Gasteiger partial charge in [0.2, 0.25) is 5.91 Å². The number of likely N-dealkylation sites (N-methyl/N-ethyl adjacent to an activating group) is 1. The van der Waals surface area contributed by atoms with Crippen molar-refractivity contribution < 1.29 is 4.79 Å². The van der Waals surface area contributed by atoms with Gasteiger partial charge in [0.05, 0.1) is 11.0 Å². The molecule has 112 valence electrons. The molecule has 0 aromatic carbocycles. The number of rotatable bonds is 9. The SMILES string of the molecule is CCCC(C)NC(=O)C(C)N(CC)CC(C)C(N)=S. The Morgan fingerprint density at radius 1 is 1.32 bits per heavy atom. The van der Waals surface area contributed by atoms with Crippen molar-refractivity contribution in [2.75, 3.05) is 13.1 Å². The minimum Gasteiger partial charge on any atom is -0.393 e. The molecule has 0 aliphatic carbocycles. The number of carbonyl (C=O) groups is 1. The van der Waals surface area contributed by atoms with E-state index in [1.165, 1.54) is 0 Å². The van der Waals surface area contributed by atoms with Gasteiger partial charge >= 0.3 is 0 Å². The summed E-state index contributed by atoms with van der Waals surface area (Å²) in [5.41, 5.74) is 5.64. The van der Waals surface area contributed by atoms with E-state index in [1.807, 2.05) is 27.7 Å². The average molecular weight is 287 g/mol. The van der Waals surface area contributed by atoms with E-state index in [9.17, 15) is 4.79 Å². The highest BCUT2D eigenvalue weighted by Crippen LogP contribution is 2.06. The highest BCUT2D eigenvalue weighted by Gasteiger charge is 2.23. The summed E-state index contributed by atoms with van der Waals surface area (Å²) in [7, 11) is 0. The Morgan fingerprint density at radius 2 is 1.89 bits per heavy atom. The van der Waals surface area contributed by atoms with Crippen LogP contribution in [-0.2, 0) is 4.79 Å². The second kappa shape index (κ2) is 9.26. The van der Waals surface area contributed by atoms with Crippen LogP contribution in [0.1, 0.15) is 47.5 Å². The van der Waals surface area contributed by atoms with Crippen molar-refractivity contribution >= 4 is 23.1 Å². The Morgan fingerprint density at radius 3 is 2.32 bits per heavy atom. The van der Waals surface area contributed by atoms with Crippen molar-refractivity contribution in [2.45, 2.75) is 59.5 Å². The van der Waals surface area contributed by atoms with E-state index in [4.69, 9.17) is 18.0 Å². The molecule has 0 aliphatic rings. The normalized spacial score (nSPS) is 15.9. The van der Waals surface area contributed by atoms with Gasteiger partial charge in [0.25, 0.3) is 0 Å². The minimum atomic E-state index is -0.152. The molecule has 4 nitrogen and oxygen atoms in total. The van der Waals surface area contributed by atoms with Gasteiger partial charge in [0.1, 0.15) is 0 Å². The molecular formula is C14H29N3OS. The molecule has 0 bridgehead atoms. The lowest BCUT2D eigenvalue weighted by atomic mass is 10.1. The first-order chi connectivity index (χ1) is 8.83. The zero-order valence-corrected chi connectivity index (χ0v) is 13.7. The van der Waals surface area contributed by atoms with Gasteiger partial charge in [-0.15, -0.1) is 0 Å². The third-order valence-electron chi connectivity index (χ3n) is 3.44. The molecule has 0 heterocycles. The van der Waals surface area contributed by atoms with E-state index in [0.717, 1.165) is 25.9 Å². The maximum absolute atomic E-state index is 12.2. The van der Waals surface area contributed by atoms with Crippen LogP contribution in [0.5, 0.6) is 0 Å². The van der Waals surface area contributed by atoms with Crippen molar-refractivity contribution in [3.05, 3.63) is 0 Å². The van der Waals surface area contributed by atoms with Gasteiger partial charge in [-0.3, -0.25) is 9.69 Å². The van der Waals surface area contributed by atoms with E-state index in [0.29, 0.717) is 4.99 Å². The molecular weight excluding hydrogens is 258 g/mol. The van der Waals surface area contributed by atoms with Crippen molar-refractivity contribution in [3.8, 4) is 0 Å². The fraction of sp³-hybridized carbons (Fsp3) is 0.857. The fourth-order valence-corrected chi connectivity index (χ4v) is 2.11. The van der Waals surface area contributed by atoms with Crippen LogP contribution in [0, 0.1) is 5.92 Å². The Labute approximate surface area is 123 Å². The summed E-state index contributed by atoms with van der Waals surface area (Å²) in [6.45, 7) is 11.7. The molecule has 0 saturated carbocycles. The molecule has 3 unspecified atom stereocenters. The first-order valence-corrected chi connectivity index (χ1v) is 7.57.